The molecule has 3 aromatic rings. The number of nitrogens with zero attached hydrogens (tertiary/aromatic N) is 5. The van der Waals surface area contributed by atoms with Crippen molar-refractivity contribution in [1.29, 1.82) is 0 Å². The van der Waals surface area contributed by atoms with Crippen LogP contribution in [0.15, 0.2) is 23.6 Å². The van der Waals surface area contributed by atoms with Gasteiger partial charge in [-0.15, -0.1) is 11.3 Å². The molecule has 0 radical (unpaired) electrons. The van der Waals surface area contributed by atoms with Gasteiger partial charge in [0.2, 0.25) is 18.3 Å². The van der Waals surface area contributed by atoms with Gasteiger partial charge in [0, 0.05) is 36.2 Å². The maximum Gasteiger partial charge on any atom is 0.237 e. The molecule has 3 heterocycles. The molecule has 3 aromatic heterocycles. The summed E-state index contributed by atoms with van der Waals surface area (Å²) >= 11 is 3.04. The van der Waals surface area contributed by atoms with Crippen LogP contribution in [0.4, 0.5) is 5.95 Å². The summed E-state index contributed by atoms with van der Waals surface area (Å²) in [6.45, 7) is 5.98. The van der Waals surface area contributed by atoms with Crippen LogP contribution in [0.2, 0.25) is 0 Å². The van der Waals surface area contributed by atoms with Gasteiger partial charge in [0.25, 0.3) is 0 Å². The number of aromatic nitrogens is 4. The molecular formula is C18H22N6O2S2. The Morgan fingerprint density at radius 1 is 1.25 bits per heavy atom. The highest BCUT2D eigenvalue weighted by Gasteiger charge is 2.14. The van der Waals surface area contributed by atoms with Crippen molar-refractivity contribution < 1.29 is 9.59 Å². The zero-order valence-corrected chi connectivity index (χ0v) is 18.0. The summed E-state index contributed by atoms with van der Waals surface area (Å²) in [4.78, 5) is 41.9. The van der Waals surface area contributed by atoms with Crippen LogP contribution in [0.5, 0.6) is 0 Å². The maximum absolute atomic E-state index is 12.1. The molecule has 1 N–H and O–H groups in total. The average Bonchev–Trinajstić information content (AvgIpc) is 2.95. The first-order chi connectivity index (χ1) is 13.3. The Balaban J connectivity index is 0.000000500. The lowest BCUT2D eigenvalue weighted by Gasteiger charge is -2.05. The topological polar surface area (TPSA) is 101 Å². The van der Waals surface area contributed by atoms with E-state index in [2.05, 4.69) is 39.1 Å². The minimum Gasteiger partial charge on any atom is -0.351 e. The molecular weight excluding hydrogens is 396 g/mol. The second-order valence-corrected chi connectivity index (χ2v) is 8.24. The molecule has 0 saturated heterocycles. The van der Waals surface area contributed by atoms with Gasteiger partial charge in [-0.2, -0.15) is 0 Å². The van der Waals surface area contributed by atoms with E-state index in [1.165, 1.54) is 27.1 Å². The van der Waals surface area contributed by atoms with E-state index < -0.39 is 0 Å². The number of amides is 2. The van der Waals surface area contributed by atoms with E-state index in [0.29, 0.717) is 5.95 Å². The van der Waals surface area contributed by atoms with Gasteiger partial charge >= 0.3 is 0 Å². The van der Waals surface area contributed by atoms with Crippen molar-refractivity contribution in [2.75, 3.05) is 25.2 Å². The number of thiophene rings is 1. The molecule has 28 heavy (non-hydrogen) atoms. The minimum atomic E-state index is -0.156. The Hall–Kier alpha value is -2.59. The molecule has 0 saturated carbocycles. The first-order valence-electron chi connectivity index (χ1n) is 8.36. The molecule has 0 aliphatic heterocycles. The van der Waals surface area contributed by atoms with Crippen molar-refractivity contribution in [2.24, 2.45) is 0 Å². The van der Waals surface area contributed by atoms with Crippen LogP contribution in [0.25, 0.3) is 10.2 Å². The second-order valence-electron chi connectivity index (χ2n) is 6.07. The SMILES string of the molecule is CN(C)C=O.Cc1ccnc(NC(=O)CSc2ncnc3sc(C)c(C)c23)n1. The van der Waals surface area contributed by atoms with Crippen LogP contribution >= 0.6 is 23.1 Å². The van der Waals surface area contributed by atoms with E-state index in [1.54, 1.807) is 44.0 Å². The first kappa shape index (κ1) is 21.7. The Morgan fingerprint density at radius 3 is 2.61 bits per heavy atom. The highest BCUT2D eigenvalue weighted by molar-refractivity contribution is 8.00. The molecule has 0 fully saturated rings. The summed E-state index contributed by atoms with van der Waals surface area (Å²) in [5.41, 5.74) is 1.99. The number of hydrogen-bond acceptors (Lipinski definition) is 8. The number of carbonyl (C=O) groups excluding carboxylic acids is 2. The van der Waals surface area contributed by atoms with Crippen LogP contribution in [-0.4, -0.2) is 57.0 Å². The molecule has 148 valence electrons. The predicted octanol–water partition coefficient (Wildman–Crippen LogP) is 2.84. The molecule has 0 bridgehead atoms. The van der Waals surface area contributed by atoms with Gasteiger partial charge in [-0.1, -0.05) is 11.8 Å². The molecule has 3 rings (SSSR count). The smallest absolute Gasteiger partial charge is 0.237 e. The van der Waals surface area contributed by atoms with E-state index in [1.807, 2.05) is 6.92 Å². The van der Waals surface area contributed by atoms with Gasteiger partial charge in [-0.3, -0.25) is 14.9 Å². The number of hydrogen-bond donors (Lipinski definition) is 1. The van der Waals surface area contributed by atoms with Crippen LogP contribution in [0.1, 0.15) is 16.1 Å². The first-order valence-corrected chi connectivity index (χ1v) is 10.2. The monoisotopic (exact) mass is 418 g/mol. The van der Waals surface area contributed by atoms with Crippen molar-refractivity contribution in [2.45, 2.75) is 25.8 Å². The lowest BCUT2D eigenvalue weighted by molar-refractivity contribution is -0.116. The van der Waals surface area contributed by atoms with E-state index in [9.17, 15) is 9.59 Å². The number of rotatable bonds is 5. The Bertz CT molecular complexity index is 974. The third kappa shape index (κ3) is 5.96. The fourth-order valence-electron chi connectivity index (χ4n) is 2.06. The number of fused-ring (bicyclic) bond motifs is 1. The molecule has 8 nitrogen and oxygen atoms in total. The maximum atomic E-state index is 12.1. The summed E-state index contributed by atoms with van der Waals surface area (Å²) in [5.74, 6) is 0.417. The number of anilines is 1. The van der Waals surface area contributed by atoms with Gasteiger partial charge in [0.05, 0.1) is 5.75 Å². The summed E-state index contributed by atoms with van der Waals surface area (Å²) in [6.07, 6.45) is 3.91. The van der Waals surface area contributed by atoms with Crippen LogP contribution in [-0.2, 0) is 9.59 Å². The number of nitrogens with one attached hydrogen (secondary N) is 1. The highest BCUT2D eigenvalue weighted by Crippen LogP contribution is 2.34. The van der Waals surface area contributed by atoms with Gasteiger partial charge in [-0.25, -0.2) is 19.9 Å². The summed E-state index contributed by atoms with van der Waals surface area (Å²) in [5, 5.41) is 4.57. The third-order valence-corrected chi connectivity index (χ3v) is 5.63. The van der Waals surface area contributed by atoms with Gasteiger partial charge < -0.3 is 4.90 Å². The minimum absolute atomic E-state index is 0.156. The Kier molecular flexibility index (Phi) is 7.82. The zero-order chi connectivity index (χ0) is 20.7. The normalized spacial score (nSPS) is 10.2. The van der Waals surface area contributed by atoms with Crippen LogP contribution < -0.4 is 5.32 Å². The third-order valence-electron chi connectivity index (χ3n) is 3.53. The van der Waals surface area contributed by atoms with E-state index >= 15 is 0 Å². The molecule has 0 aliphatic carbocycles. The van der Waals surface area contributed by atoms with E-state index in [0.717, 1.165) is 27.3 Å². The quantitative estimate of drug-likeness (QED) is 0.386. The van der Waals surface area contributed by atoms with Gasteiger partial charge in [-0.05, 0) is 32.4 Å². The lowest BCUT2D eigenvalue weighted by atomic mass is 10.2. The summed E-state index contributed by atoms with van der Waals surface area (Å²) in [7, 11) is 3.38. The molecule has 10 heteroatoms. The van der Waals surface area contributed by atoms with Crippen molar-refractivity contribution >= 4 is 51.6 Å². The Labute approximate surface area is 171 Å². The molecule has 0 aromatic carbocycles. The number of aryl methyl sites for hydroxylation is 3. The average molecular weight is 419 g/mol. The molecule has 0 aliphatic rings. The van der Waals surface area contributed by atoms with Gasteiger partial charge in [0.1, 0.15) is 16.2 Å². The molecule has 2 amide bonds. The molecule has 0 spiro atoms. The van der Waals surface area contributed by atoms with Crippen molar-refractivity contribution in [3.05, 3.63) is 34.7 Å². The predicted molar refractivity (Wildman–Crippen MR) is 113 cm³/mol. The van der Waals surface area contributed by atoms with Crippen LogP contribution in [0.3, 0.4) is 0 Å². The van der Waals surface area contributed by atoms with Crippen molar-refractivity contribution in [3.63, 3.8) is 0 Å². The Morgan fingerprint density at radius 2 is 1.96 bits per heavy atom. The fourth-order valence-corrected chi connectivity index (χ4v) is 3.98. The lowest BCUT2D eigenvalue weighted by Crippen LogP contribution is -2.16. The van der Waals surface area contributed by atoms with Gasteiger partial charge in [0.15, 0.2) is 0 Å². The largest absolute Gasteiger partial charge is 0.351 e. The highest BCUT2D eigenvalue weighted by atomic mass is 32.2. The number of thioether (sulfide) groups is 1. The fraction of sp³-hybridized carbons (Fsp3) is 0.333. The van der Waals surface area contributed by atoms with E-state index in [4.69, 9.17) is 0 Å². The van der Waals surface area contributed by atoms with E-state index in [-0.39, 0.29) is 11.7 Å². The number of carbonyl (C=O) groups is 2. The summed E-state index contributed by atoms with van der Waals surface area (Å²) < 4.78 is 0. The van der Waals surface area contributed by atoms with Crippen LogP contribution in [0, 0.1) is 20.8 Å². The van der Waals surface area contributed by atoms with Crippen molar-refractivity contribution in [1.82, 2.24) is 24.8 Å². The molecule has 0 atom stereocenters. The molecule has 0 unspecified atom stereocenters. The standard InChI is InChI=1S/C15H15N5OS2.C3H7NO/c1-8-4-5-16-15(19-8)20-11(21)6-22-13-12-9(2)10(3)23-14(12)18-7-17-13;1-4(2)3-5/h4-5,7H,6H2,1-3H3,(H,16,19,20,21);3H,1-2H3. The zero-order valence-electron chi connectivity index (χ0n) is 16.4. The summed E-state index contributed by atoms with van der Waals surface area (Å²) in [6, 6.07) is 1.78. The second kappa shape index (κ2) is 10.1. The van der Waals surface area contributed by atoms with Crippen molar-refractivity contribution in [3.8, 4) is 0 Å².